The number of aromatic nitrogens is 1. The van der Waals surface area contributed by atoms with E-state index in [1.54, 1.807) is 5.38 Å². The van der Waals surface area contributed by atoms with Crippen molar-refractivity contribution < 1.29 is 22.3 Å². The number of alkyl halides is 5. The quantitative estimate of drug-likeness (QED) is 0.437. The average molecular weight is 292 g/mol. The second kappa shape index (κ2) is 6.51. The van der Waals surface area contributed by atoms with Crippen LogP contribution in [0.3, 0.4) is 0 Å². The molecule has 0 amide bonds. The van der Waals surface area contributed by atoms with Crippen LogP contribution in [0.1, 0.15) is 10.7 Å². The highest BCUT2D eigenvalue weighted by molar-refractivity contribution is 7.09. The molecule has 98 valence electrons. The summed E-state index contributed by atoms with van der Waals surface area (Å²) in [5, 5.41) is 2.43. The van der Waals surface area contributed by atoms with Gasteiger partial charge in [0.1, 0.15) is 6.61 Å². The van der Waals surface area contributed by atoms with Crippen molar-refractivity contribution in [2.75, 3.05) is 13.2 Å². The van der Waals surface area contributed by atoms with Crippen molar-refractivity contribution >= 4 is 22.9 Å². The van der Waals surface area contributed by atoms with Crippen LogP contribution in [0.25, 0.3) is 0 Å². The average Bonchev–Trinajstić information content (AvgIpc) is 2.72. The SMILES string of the molecule is FC(F)C(F)(F)COCCc1nc(CCl)cs1. The van der Waals surface area contributed by atoms with Gasteiger partial charge in [-0.25, -0.2) is 13.8 Å². The largest absolute Gasteiger partial charge is 0.375 e. The van der Waals surface area contributed by atoms with Crippen molar-refractivity contribution in [2.24, 2.45) is 0 Å². The zero-order valence-electron chi connectivity index (χ0n) is 8.64. The summed E-state index contributed by atoms with van der Waals surface area (Å²) in [6.45, 7) is -1.35. The van der Waals surface area contributed by atoms with Gasteiger partial charge in [0.05, 0.1) is 23.2 Å². The Bertz CT molecular complexity index is 347. The summed E-state index contributed by atoms with van der Waals surface area (Å²) in [5.41, 5.74) is 0.699. The smallest absolute Gasteiger partial charge is 0.330 e. The fourth-order valence-electron chi connectivity index (χ4n) is 0.956. The molecule has 0 aromatic carbocycles. The Hall–Kier alpha value is -0.400. The number of ether oxygens (including phenoxy) is 1. The van der Waals surface area contributed by atoms with Crippen molar-refractivity contribution in [1.29, 1.82) is 0 Å². The van der Waals surface area contributed by atoms with Gasteiger partial charge in [0, 0.05) is 11.8 Å². The summed E-state index contributed by atoms with van der Waals surface area (Å²) < 4.78 is 52.9. The van der Waals surface area contributed by atoms with E-state index in [1.807, 2.05) is 0 Å². The van der Waals surface area contributed by atoms with Gasteiger partial charge in [-0.3, -0.25) is 0 Å². The Labute approximate surface area is 105 Å². The standard InChI is InChI=1S/C9H10ClF4NOS/c10-3-6-4-17-7(15-6)1-2-16-5-9(13,14)8(11)12/h4,8H,1-3,5H2. The third-order valence-corrected chi connectivity index (χ3v) is 3.04. The molecular weight excluding hydrogens is 282 g/mol. The van der Waals surface area contributed by atoms with Gasteiger partial charge in [-0.2, -0.15) is 8.78 Å². The van der Waals surface area contributed by atoms with Crippen LogP contribution >= 0.6 is 22.9 Å². The molecule has 0 bridgehead atoms. The second-order valence-corrected chi connectivity index (χ2v) is 4.44. The highest BCUT2D eigenvalue weighted by atomic mass is 35.5. The van der Waals surface area contributed by atoms with Gasteiger partial charge in [-0.1, -0.05) is 0 Å². The first-order valence-electron chi connectivity index (χ1n) is 4.68. The molecule has 0 aliphatic heterocycles. The highest BCUT2D eigenvalue weighted by Gasteiger charge is 2.40. The lowest BCUT2D eigenvalue weighted by Crippen LogP contribution is -2.32. The number of hydrogen-bond acceptors (Lipinski definition) is 3. The summed E-state index contributed by atoms with van der Waals surface area (Å²) in [7, 11) is 0. The van der Waals surface area contributed by atoms with Crippen LogP contribution in [0.5, 0.6) is 0 Å². The van der Waals surface area contributed by atoms with Crippen molar-refractivity contribution in [2.45, 2.75) is 24.6 Å². The number of nitrogens with zero attached hydrogens (tertiary/aromatic N) is 1. The predicted octanol–water partition coefficient (Wildman–Crippen LogP) is 3.34. The van der Waals surface area contributed by atoms with E-state index in [0.717, 1.165) is 0 Å². The topological polar surface area (TPSA) is 22.1 Å². The molecule has 0 fully saturated rings. The van der Waals surface area contributed by atoms with Gasteiger partial charge < -0.3 is 4.74 Å². The molecule has 0 unspecified atom stereocenters. The molecule has 0 atom stereocenters. The van der Waals surface area contributed by atoms with Crippen LogP contribution in [0.4, 0.5) is 17.6 Å². The van der Waals surface area contributed by atoms with Crippen LogP contribution < -0.4 is 0 Å². The normalized spacial score (nSPS) is 12.4. The van der Waals surface area contributed by atoms with Crippen molar-refractivity contribution in [3.63, 3.8) is 0 Å². The van der Waals surface area contributed by atoms with Gasteiger partial charge in [-0.15, -0.1) is 22.9 Å². The summed E-state index contributed by atoms with van der Waals surface area (Å²) in [6.07, 6.45) is -3.40. The second-order valence-electron chi connectivity index (χ2n) is 3.23. The van der Waals surface area contributed by atoms with E-state index >= 15 is 0 Å². The zero-order valence-corrected chi connectivity index (χ0v) is 10.2. The Kier molecular flexibility index (Phi) is 5.61. The van der Waals surface area contributed by atoms with Gasteiger partial charge in [0.15, 0.2) is 0 Å². The van der Waals surface area contributed by atoms with Crippen LogP contribution in [-0.4, -0.2) is 30.5 Å². The molecule has 0 spiro atoms. The van der Waals surface area contributed by atoms with Crippen molar-refractivity contribution in [3.8, 4) is 0 Å². The molecule has 0 N–H and O–H groups in total. The number of thiazole rings is 1. The number of hydrogen-bond donors (Lipinski definition) is 0. The molecule has 1 aromatic rings. The van der Waals surface area contributed by atoms with E-state index in [0.29, 0.717) is 17.1 Å². The zero-order chi connectivity index (χ0) is 12.9. The first kappa shape index (κ1) is 14.7. The third kappa shape index (κ3) is 4.77. The molecule has 0 radical (unpaired) electrons. The predicted molar refractivity (Wildman–Crippen MR) is 57.1 cm³/mol. The molecular formula is C9H10ClF4NOS. The lowest BCUT2D eigenvalue weighted by atomic mass is 10.4. The number of rotatable bonds is 7. The lowest BCUT2D eigenvalue weighted by molar-refractivity contribution is -0.165. The molecule has 2 nitrogen and oxygen atoms in total. The Morgan fingerprint density at radius 3 is 2.71 bits per heavy atom. The molecule has 1 aromatic heterocycles. The Balaban J connectivity index is 2.24. The molecule has 8 heteroatoms. The van der Waals surface area contributed by atoms with Crippen LogP contribution in [0, 0.1) is 0 Å². The maximum Gasteiger partial charge on any atom is 0.330 e. The third-order valence-electron chi connectivity index (χ3n) is 1.81. The van der Waals surface area contributed by atoms with E-state index < -0.39 is 19.0 Å². The molecule has 0 aliphatic carbocycles. The van der Waals surface area contributed by atoms with Crippen molar-refractivity contribution in [1.82, 2.24) is 4.98 Å². The van der Waals surface area contributed by atoms with Gasteiger partial charge in [0.25, 0.3) is 0 Å². The maximum atomic E-state index is 12.4. The molecule has 0 saturated heterocycles. The maximum absolute atomic E-state index is 12.4. The first-order valence-corrected chi connectivity index (χ1v) is 6.10. The van der Waals surface area contributed by atoms with Crippen molar-refractivity contribution in [3.05, 3.63) is 16.1 Å². The van der Waals surface area contributed by atoms with Crippen LogP contribution in [0.15, 0.2) is 5.38 Å². The van der Waals surface area contributed by atoms with Gasteiger partial charge in [-0.05, 0) is 0 Å². The van der Waals surface area contributed by atoms with E-state index in [2.05, 4.69) is 9.72 Å². The minimum atomic E-state index is -4.09. The highest BCUT2D eigenvalue weighted by Crippen LogP contribution is 2.23. The fraction of sp³-hybridized carbons (Fsp3) is 0.667. The lowest BCUT2D eigenvalue weighted by Gasteiger charge is -2.14. The first-order chi connectivity index (χ1) is 7.95. The molecule has 1 rings (SSSR count). The van der Waals surface area contributed by atoms with E-state index in [9.17, 15) is 17.6 Å². The monoisotopic (exact) mass is 291 g/mol. The number of halogens is 5. The summed E-state index contributed by atoms with van der Waals surface area (Å²) >= 11 is 6.85. The summed E-state index contributed by atoms with van der Waals surface area (Å²) in [5.74, 6) is -3.81. The summed E-state index contributed by atoms with van der Waals surface area (Å²) in [4.78, 5) is 4.07. The van der Waals surface area contributed by atoms with Crippen LogP contribution in [-0.2, 0) is 17.0 Å². The minimum Gasteiger partial charge on any atom is -0.375 e. The molecule has 1 heterocycles. The fourth-order valence-corrected chi connectivity index (χ4v) is 1.96. The van der Waals surface area contributed by atoms with Gasteiger partial charge in [0.2, 0.25) is 0 Å². The van der Waals surface area contributed by atoms with E-state index in [4.69, 9.17) is 11.6 Å². The Morgan fingerprint density at radius 2 is 2.18 bits per heavy atom. The van der Waals surface area contributed by atoms with Gasteiger partial charge >= 0.3 is 12.3 Å². The van der Waals surface area contributed by atoms with E-state index in [-0.39, 0.29) is 12.5 Å². The molecule has 0 saturated carbocycles. The molecule has 0 aliphatic rings. The summed E-state index contributed by atoms with van der Waals surface area (Å²) in [6, 6.07) is 0. The Morgan fingerprint density at radius 1 is 1.47 bits per heavy atom. The van der Waals surface area contributed by atoms with Crippen LogP contribution in [0.2, 0.25) is 0 Å². The molecule has 17 heavy (non-hydrogen) atoms. The minimum absolute atomic E-state index is 0.0719. The van der Waals surface area contributed by atoms with E-state index in [1.165, 1.54) is 11.3 Å².